The molecule has 1 aromatic rings. The quantitative estimate of drug-likeness (QED) is 0.812. The minimum Gasteiger partial charge on any atom is -0.338 e. The van der Waals surface area contributed by atoms with Gasteiger partial charge in [0.15, 0.2) is 0 Å². The van der Waals surface area contributed by atoms with E-state index >= 15 is 0 Å². The van der Waals surface area contributed by atoms with Crippen molar-refractivity contribution in [1.29, 1.82) is 0 Å². The number of amides is 2. The summed E-state index contributed by atoms with van der Waals surface area (Å²) in [5.74, 6) is 0.523. The van der Waals surface area contributed by atoms with Crippen LogP contribution in [0.25, 0.3) is 0 Å². The lowest BCUT2D eigenvalue weighted by atomic mass is 9.93. The molecule has 1 aliphatic heterocycles. The lowest BCUT2D eigenvalue weighted by molar-refractivity contribution is 0.107. The molecule has 0 aromatic carbocycles. The SMILES string of the molecule is CC1CN(C)CCC1N(C)C(=O)NCCCCc1cnn(C)c1. The van der Waals surface area contributed by atoms with E-state index in [1.54, 1.807) is 0 Å². The Morgan fingerprint density at radius 3 is 2.87 bits per heavy atom. The Labute approximate surface area is 139 Å². The van der Waals surface area contributed by atoms with Crippen LogP contribution in [0.5, 0.6) is 0 Å². The van der Waals surface area contributed by atoms with Gasteiger partial charge in [0.2, 0.25) is 0 Å². The Kier molecular flexibility index (Phi) is 6.45. The van der Waals surface area contributed by atoms with Crippen molar-refractivity contribution < 1.29 is 4.79 Å². The molecule has 130 valence electrons. The molecule has 23 heavy (non-hydrogen) atoms. The van der Waals surface area contributed by atoms with Crippen molar-refractivity contribution in [2.45, 2.75) is 38.6 Å². The number of hydrogen-bond donors (Lipinski definition) is 1. The van der Waals surface area contributed by atoms with Gasteiger partial charge in [-0.15, -0.1) is 0 Å². The maximum absolute atomic E-state index is 12.3. The van der Waals surface area contributed by atoms with E-state index in [-0.39, 0.29) is 6.03 Å². The van der Waals surface area contributed by atoms with Gasteiger partial charge >= 0.3 is 6.03 Å². The first-order chi connectivity index (χ1) is 11.0. The lowest BCUT2D eigenvalue weighted by Gasteiger charge is -2.39. The lowest BCUT2D eigenvalue weighted by Crippen LogP contribution is -2.52. The Morgan fingerprint density at radius 2 is 2.22 bits per heavy atom. The minimum atomic E-state index is 0.0628. The number of piperidine rings is 1. The first-order valence-electron chi connectivity index (χ1n) is 8.64. The average molecular weight is 321 g/mol. The molecule has 1 aliphatic rings. The van der Waals surface area contributed by atoms with Gasteiger partial charge in [-0.1, -0.05) is 6.92 Å². The zero-order chi connectivity index (χ0) is 16.8. The van der Waals surface area contributed by atoms with Crippen molar-refractivity contribution in [3.8, 4) is 0 Å². The van der Waals surface area contributed by atoms with E-state index in [9.17, 15) is 4.79 Å². The molecule has 2 heterocycles. The highest BCUT2D eigenvalue weighted by Crippen LogP contribution is 2.20. The second-order valence-electron chi connectivity index (χ2n) is 6.92. The van der Waals surface area contributed by atoms with Gasteiger partial charge < -0.3 is 15.1 Å². The molecule has 1 aromatic heterocycles. The summed E-state index contributed by atoms with van der Waals surface area (Å²) in [5, 5.41) is 7.22. The number of urea groups is 1. The van der Waals surface area contributed by atoms with E-state index in [1.807, 2.05) is 36.1 Å². The molecule has 0 aliphatic carbocycles. The van der Waals surface area contributed by atoms with Crippen LogP contribution < -0.4 is 5.32 Å². The van der Waals surface area contributed by atoms with E-state index in [4.69, 9.17) is 0 Å². The van der Waals surface area contributed by atoms with Crippen LogP contribution in [-0.2, 0) is 13.5 Å². The monoisotopic (exact) mass is 321 g/mol. The highest BCUT2D eigenvalue weighted by atomic mass is 16.2. The highest BCUT2D eigenvalue weighted by Gasteiger charge is 2.29. The number of aromatic nitrogens is 2. The van der Waals surface area contributed by atoms with Gasteiger partial charge in [-0.2, -0.15) is 5.10 Å². The maximum atomic E-state index is 12.3. The topological polar surface area (TPSA) is 53.4 Å². The smallest absolute Gasteiger partial charge is 0.317 e. The van der Waals surface area contributed by atoms with E-state index in [1.165, 1.54) is 5.56 Å². The van der Waals surface area contributed by atoms with E-state index in [0.717, 1.165) is 45.3 Å². The first kappa shape index (κ1) is 17.8. The Hall–Kier alpha value is -1.56. The van der Waals surface area contributed by atoms with Crippen molar-refractivity contribution >= 4 is 6.03 Å². The number of likely N-dealkylation sites (tertiary alicyclic amines) is 1. The third-order valence-corrected chi connectivity index (χ3v) is 4.81. The summed E-state index contributed by atoms with van der Waals surface area (Å²) in [6, 6.07) is 0.411. The van der Waals surface area contributed by atoms with Crippen molar-refractivity contribution in [3.05, 3.63) is 18.0 Å². The first-order valence-corrected chi connectivity index (χ1v) is 8.64. The molecule has 2 amide bonds. The van der Waals surface area contributed by atoms with E-state index < -0.39 is 0 Å². The van der Waals surface area contributed by atoms with Gasteiger partial charge in [0.25, 0.3) is 0 Å². The normalized spacial score (nSPS) is 22.1. The predicted molar refractivity (Wildman–Crippen MR) is 92.4 cm³/mol. The standard InChI is InChI=1S/C17H31N5O/c1-14-12-20(2)10-8-16(14)22(4)17(23)18-9-6-5-7-15-11-19-21(3)13-15/h11,13-14,16H,5-10,12H2,1-4H3,(H,18,23). The predicted octanol–water partition coefficient (Wildman–Crippen LogP) is 1.72. The number of aryl methyl sites for hydroxylation is 2. The van der Waals surface area contributed by atoms with Crippen molar-refractivity contribution in [3.63, 3.8) is 0 Å². The molecule has 1 saturated heterocycles. The molecular formula is C17H31N5O. The fraction of sp³-hybridized carbons (Fsp3) is 0.765. The van der Waals surface area contributed by atoms with Crippen molar-refractivity contribution in [2.24, 2.45) is 13.0 Å². The molecule has 0 bridgehead atoms. The number of unbranched alkanes of at least 4 members (excludes halogenated alkanes) is 1. The second kappa shape index (κ2) is 8.34. The fourth-order valence-electron chi connectivity index (χ4n) is 3.44. The number of hydrogen-bond acceptors (Lipinski definition) is 3. The van der Waals surface area contributed by atoms with Crippen LogP contribution in [0.4, 0.5) is 4.79 Å². The molecule has 0 saturated carbocycles. The average Bonchev–Trinajstić information content (AvgIpc) is 2.91. The number of carbonyl (C=O) groups is 1. The molecule has 1 N–H and O–H groups in total. The Bertz CT molecular complexity index is 501. The van der Waals surface area contributed by atoms with E-state index in [0.29, 0.717) is 12.0 Å². The van der Waals surface area contributed by atoms with Gasteiger partial charge in [0.05, 0.1) is 6.20 Å². The van der Waals surface area contributed by atoms with Crippen LogP contribution in [0, 0.1) is 5.92 Å². The molecule has 0 radical (unpaired) electrons. The molecular weight excluding hydrogens is 290 g/mol. The summed E-state index contributed by atoms with van der Waals surface area (Å²) in [6.07, 6.45) is 8.10. The third kappa shape index (κ3) is 5.23. The molecule has 0 spiro atoms. The van der Waals surface area contributed by atoms with Crippen molar-refractivity contribution in [2.75, 3.05) is 33.7 Å². The number of rotatable bonds is 6. The molecule has 2 rings (SSSR count). The number of nitrogens with one attached hydrogen (secondary N) is 1. The highest BCUT2D eigenvalue weighted by molar-refractivity contribution is 5.74. The molecule has 6 heteroatoms. The number of carbonyl (C=O) groups excluding carboxylic acids is 1. The van der Waals surface area contributed by atoms with E-state index in [2.05, 4.69) is 29.3 Å². The summed E-state index contributed by atoms with van der Waals surface area (Å²) >= 11 is 0. The Balaban J connectivity index is 1.64. The minimum absolute atomic E-state index is 0.0628. The number of nitrogens with zero attached hydrogens (tertiary/aromatic N) is 4. The van der Waals surface area contributed by atoms with Crippen LogP contribution in [0.2, 0.25) is 0 Å². The molecule has 2 atom stereocenters. The second-order valence-corrected chi connectivity index (χ2v) is 6.92. The fourth-order valence-corrected chi connectivity index (χ4v) is 3.44. The van der Waals surface area contributed by atoms with Crippen molar-refractivity contribution in [1.82, 2.24) is 24.9 Å². The van der Waals surface area contributed by atoms with Crippen LogP contribution in [0.1, 0.15) is 31.7 Å². The molecule has 2 unspecified atom stereocenters. The molecule has 6 nitrogen and oxygen atoms in total. The maximum Gasteiger partial charge on any atom is 0.317 e. The third-order valence-electron chi connectivity index (χ3n) is 4.81. The van der Waals surface area contributed by atoms with Crippen LogP contribution in [0.15, 0.2) is 12.4 Å². The van der Waals surface area contributed by atoms with Gasteiger partial charge in [0, 0.05) is 39.4 Å². The Morgan fingerprint density at radius 1 is 1.43 bits per heavy atom. The zero-order valence-corrected chi connectivity index (χ0v) is 15.0. The molecule has 1 fully saturated rings. The largest absolute Gasteiger partial charge is 0.338 e. The van der Waals surface area contributed by atoms with Gasteiger partial charge in [-0.3, -0.25) is 4.68 Å². The van der Waals surface area contributed by atoms with Gasteiger partial charge in [-0.05, 0) is 50.8 Å². The summed E-state index contributed by atoms with van der Waals surface area (Å²) in [4.78, 5) is 16.5. The van der Waals surface area contributed by atoms with Gasteiger partial charge in [0.1, 0.15) is 0 Å². The summed E-state index contributed by atoms with van der Waals surface area (Å²) in [7, 11) is 6.01. The van der Waals surface area contributed by atoms with Crippen LogP contribution in [0.3, 0.4) is 0 Å². The summed E-state index contributed by atoms with van der Waals surface area (Å²) in [5.41, 5.74) is 1.26. The van der Waals surface area contributed by atoms with Crippen LogP contribution in [-0.4, -0.2) is 65.4 Å². The van der Waals surface area contributed by atoms with Gasteiger partial charge in [-0.25, -0.2) is 4.79 Å². The van der Waals surface area contributed by atoms with Crippen LogP contribution >= 0.6 is 0 Å². The zero-order valence-electron chi connectivity index (χ0n) is 15.0. The summed E-state index contributed by atoms with van der Waals surface area (Å²) < 4.78 is 1.83. The summed E-state index contributed by atoms with van der Waals surface area (Å²) in [6.45, 7) is 5.10.